The minimum absolute atomic E-state index is 0.304. The molecule has 0 aromatic carbocycles. The SMILES string of the molecule is CC(C)(C)OC(=O)N1CCC(O)(Cn2ccnc2)CC1. The van der Waals surface area contributed by atoms with Crippen LogP contribution in [-0.4, -0.2) is 49.9 Å². The fourth-order valence-corrected chi connectivity index (χ4v) is 2.31. The molecule has 0 radical (unpaired) electrons. The van der Waals surface area contributed by atoms with Gasteiger partial charge in [0.15, 0.2) is 0 Å². The number of ether oxygens (including phenoxy) is 1. The number of imidazole rings is 1. The van der Waals surface area contributed by atoms with Gasteiger partial charge in [-0.05, 0) is 33.6 Å². The summed E-state index contributed by atoms with van der Waals surface area (Å²) in [5.41, 5.74) is -1.26. The molecule has 0 saturated carbocycles. The maximum Gasteiger partial charge on any atom is 0.410 e. The Balaban J connectivity index is 1.87. The van der Waals surface area contributed by atoms with E-state index in [1.807, 2.05) is 31.5 Å². The van der Waals surface area contributed by atoms with Crippen LogP contribution in [-0.2, 0) is 11.3 Å². The monoisotopic (exact) mass is 281 g/mol. The second kappa shape index (κ2) is 5.44. The van der Waals surface area contributed by atoms with Gasteiger partial charge >= 0.3 is 6.09 Å². The van der Waals surface area contributed by atoms with E-state index in [4.69, 9.17) is 4.74 Å². The second-order valence-electron chi connectivity index (χ2n) is 6.43. The summed E-state index contributed by atoms with van der Waals surface area (Å²) in [7, 11) is 0. The van der Waals surface area contributed by atoms with E-state index in [1.165, 1.54) is 0 Å². The lowest BCUT2D eigenvalue weighted by molar-refractivity contribution is -0.0414. The van der Waals surface area contributed by atoms with Crippen LogP contribution < -0.4 is 0 Å². The number of carbonyl (C=O) groups is 1. The van der Waals surface area contributed by atoms with E-state index in [-0.39, 0.29) is 6.09 Å². The number of nitrogens with zero attached hydrogens (tertiary/aromatic N) is 3. The summed E-state index contributed by atoms with van der Waals surface area (Å²) in [6.07, 6.45) is 6.01. The minimum Gasteiger partial charge on any atom is -0.444 e. The normalized spacial score (nSPS) is 18.9. The summed E-state index contributed by atoms with van der Waals surface area (Å²) in [5.74, 6) is 0. The van der Waals surface area contributed by atoms with E-state index in [2.05, 4.69) is 4.98 Å². The Kier molecular flexibility index (Phi) is 4.04. The molecule has 1 aliphatic rings. The van der Waals surface area contributed by atoms with Gasteiger partial charge in [-0.2, -0.15) is 0 Å². The Morgan fingerprint density at radius 3 is 2.55 bits per heavy atom. The predicted octanol–water partition coefficient (Wildman–Crippen LogP) is 1.65. The summed E-state index contributed by atoms with van der Waals surface area (Å²) < 4.78 is 7.21. The maximum absolute atomic E-state index is 11.9. The summed E-state index contributed by atoms with van der Waals surface area (Å²) in [4.78, 5) is 17.6. The molecule has 1 aromatic heterocycles. The fraction of sp³-hybridized carbons (Fsp3) is 0.714. The molecule has 0 bridgehead atoms. The average molecular weight is 281 g/mol. The fourth-order valence-electron chi connectivity index (χ4n) is 2.31. The third kappa shape index (κ3) is 3.96. The molecule has 1 fully saturated rings. The Hall–Kier alpha value is -1.56. The van der Waals surface area contributed by atoms with Gasteiger partial charge in [-0.3, -0.25) is 0 Å². The lowest BCUT2D eigenvalue weighted by atomic mass is 9.91. The van der Waals surface area contributed by atoms with Gasteiger partial charge in [0, 0.05) is 25.5 Å². The van der Waals surface area contributed by atoms with E-state index in [1.54, 1.807) is 17.4 Å². The standard InChI is InChI=1S/C14H23N3O3/c1-13(2,3)20-12(18)17-7-4-14(19,5-8-17)10-16-9-6-15-11-16/h6,9,11,19H,4-5,7-8,10H2,1-3H3. The quantitative estimate of drug-likeness (QED) is 0.895. The van der Waals surface area contributed by atoms with Crippen LogP contribution in [0.25, 0.3) is 0 Å². The molecule has 1 saturated heterocycles. The molecule has 0 aliphatic carbocycles. The first-order valence-corrected chi connectivity index (χ1v) is 6.94. The summed E-state index contributed by atoms with van der Waals surface area (Å²) in [5, 5.41) is 10.5. The lowest BCUT2D eigenvalue weighted by Gasteiger charge is -2.38. The van der Waals surface area contributed by atoms with Crippen molar-refractivity contribution in [2.75, 3.05) is 13.1 Å². The highest BCUT2D eigenvalue weighted by atomic mass is 16.6. The number of likely N-dealkylation sites (tertiary alicyclic amines) is 1. The number of hydrogen-bond donors (Lipinski definition) is 1. The van der Waals surface area contributed by atoms with Crippen LogP contribution in [0.4, 0.5) is 4.79 Å². The molecule has 1 amide bonds. The van der Waals surface area contributed by atoms with Crippen molar-refractivity contribution in [3.8, 4) is 0 Å². The third-order valence-corrected chi connectivity index (χ3v) is 3.38. The van der Waals surface area contributed by atoms with Crippen molar-refractivity contribution in [1.82, 2.24) is 14.5 Å². The summed E-state index contributed by atoms with van der Waals surface area (Å²) in [6, 6.07) is 0. The van der Waals surface area contributed by atoms with E-state index in [0.29, 0.717) is 32.5 Å². The summed E-state index contributed by atoms with van der Waals surface area (Å²) >= 11 is 0. The Morgan fingerprint density at radius 1 is 1.40 bits per heavy atom. The molecule has 0 unspecified atom stereocenters. The van der Waals surface area contributed by atoms with Crippen LogP contribution in [0.15, 0.2) is 18.7 Å². The van der Waals surface area contributed by atoms with Crippen molar-refractivity contribution in [2.45, 2.75) is 51.4 Å². The molecule has 2 rings (SSSR count). The van der Waals surface area contributed by atoms with Crippen LogP contribution >= 0.6 is 0 Å². The number of aliphatic hydroxyl groups is 1. The Bertz CT molecular complexity index is 443. The van der Waals surface area contributed by atoms with E-state index >= 15 is 0 Å². The van der Waals surface area contributed by atoms with Crippen molar-refractivity contribution in [2.24, 2.45) is 0 Å². The van der Waals surface area contributed by atoms with Crippen LogP contribution in [0.1, 0.15) is 33.6 Å². The molecule has 1 N–H and O–H groups in total. The van der Waals surface area contributed by atoms with Crippen molar-refractivity contribution >= 4 is 6.09 Å². The number of amides is 1. The van der Waals surface area contributed by atoms with Gasteiger partial charge in [0.25, 0.3) is 0 Å². The number of piperidine rings is 1. The molecule has 6 heteroatoms. The Morgan fingerprint density at radius 2 is 2.05 bits per heavy atom. The average Bonchev–Trinajstić information content (AvgIpc) is 2.79. The topological polar surface area (TPSA) is 67.6 Å². The highest BCUT2D eigenvalue weighted by Gasteiger charge is 2.35. The predicted molar refractivity (Wildman–Crippen MR) is 74.2 cm³/mol. The molecule has 112 valence electrons. The van der Waals surface area contributed by atoms with Gasteiger partial charge in [0.05, 0.1) is 18.5 Å². The molecule has 0 spiro atoms. The highest BCUT2D eigenvalue weighted by molar-refractivity contribution is 5.68. The largest absolute Gasteiger partial charge is 0.444 e. The Labute approximate surface area is 119 Å². The zero-order valence-corrected chi connectivity index (χ0v) is 12.4. The van der Waals surface area contributed by atoms with Gasteiger partial charge in [-0.1, -0.05) is 0 Å². The summed E-state index contributed by atoms with van der Waals surface area (Å²) in [6.45, 7) is 7.09. The molecule has 20 heavy (non-hydrogen) atoms. The van der Waals surface area contributed by atoms with E-state index in [0.717, 1.165) is 0 Å². The third-order valence-electron chi connectivity index (χ3n) is 3.38. The van der Waals surface area contributed by atoms with E-state index < -0.39 is 11.2 Å². The molecular formula is C14H23N3O3. The first-order chi connectivity index (χ1) is 9.27. The van der Waals surface area contributed by atoms with Crippen molar-refractivity contribution in [3.05, 3.63) is 18.7 Å². The molecule has 2 heterocycles. The van der Waals surface area contributed by atoms with Gasteiger partial charge in [-0.15, -0.1) is 0 Å². The number of aromatic nitrogens is 2. The van der Waals surface area contributed by atoms with Crippen LogP contribution in [0.2, 0.25) is 0 Å². The second-order valence-corrected chi connectivity index (χ2v) is 6.43. The van der Waals surface area contributed by atoms with Crippen LogP contribution in [0.5, 0.6) is 0 Å². The molecule has 6 nitrogen and oxygen atoms in total. The molecular weight excluding hydrogens is 258 g/mol. The number of carbonyl (C=O) groups excluding carboxylic acids is 1. The smallest absolute Gasteiger partial charge is 0.410 e. The first kappa shape index (κ1) is 14.8. The van der Waals surface area contributed by atoms with Crippen molar-refractivity contribution < 1.29 is 14.6 Å². The van der Waals surface area contributed by atoms with Gasteiger partial charge in [-0.25, -0.2) is 9.78 Å². The number of rotatable bonds is 2. The van der Waals surface area contributed by atoms with Gasteiger partial charge in [0.1, 0.15) is 5.60 Å². The molecule has 1 aliphatic heterocycles. The van der Waals surface area contributed by atoms with Crippen LogP contribution in [0, 0.1) is 0 Å². The van der Waals surface area contributed by atoms with E-state index in [9.17, 15) is 9.90 Å². The van der Waals surface area contributed by atoms with Crippen molar-refractivity contribution in [3.63, 3.8) is 0 Å². The number of hydrogen-bond acceptors (Lipinski definition) is 4. The zero-order chi connectivity index (χ0) is 14.8. The van der Waals surface area contributed by atoms with Gasteiger partial charge in [0.2, 0.25) is 0 Å². The first-order valence-electron chi connectivity index (χ1n) is 6.94. The highest BCUT2D eigenvalue weighted by Crippen LogP contribution is 2.25. The van der Waals surface area contributed by atoms with Gasteiger partial charge < -0.3 is 19.3 Å². The lowest BCUT2D eigenvalue weighted by Crippen LogP contribution is -2.49. The zero-order valence-electron chi connectivity index (χ0n) is 12.4. The van der Waals surface area contributed by atoms with Crippen molar-refractivity contribution in [1.29, 1.82) is 0 Å². The molecule has 1 aromatic rings. The minimum atomic E-state index is -0.779. The maximum atomic E-state index is 11.9. The van der Waals surface area contributed by atoms with Crippen LogP contribution in [0.3, 0.4) is 0 Å². The molecule has 0 atom stereocenters.